The minimum Gasteiger partial charge on any atom is -0.493 e. The summed E-state index contributed by atoms with van der Waals surface area (Å²) in [4.78, 5) is 37.2. The van der Waals surface area contributed by atoms with Crippen LogP contribution in [0.25, 0.3) is 0 Å². The van der Waals surface area contributed by atoms with Crippen molar-refractivity contribution in [3.63, 3.8) is 0 Å². The summed E-state index contributed by atoms with van der Waals surface area (Å²) in [5, 5.41) is 0. The van der Waals surface area contributed by atoms with Crippen LogP contribution in [-0.2, 0) is 24.2 Å². The number of esters is 1. The monoisotopic (exact) mass is 439 g/mol. The minimum atomic E-state index is -3.11. The van der Waals surface area contributed by atoms with E-state index in [4.69, 9.17) is 9.47 Å². The third-order valence-electron chi connectivity index (χ3n) is 4.91. The summed E-state index contributed by atoms with van der Waals surface area (Å²) in [6.07, 6.45) is 2.01. The van der Waals surface area contributed by atoms with Crippen LogP contribution < -0.4 is 4.74 Å². The molecule has 1 aliphatic rings. The molecule has 2 rings (SSSR count). The number of carbonyl (C=O) groups excluding carboxylic acids is 3. The Morgan fingerprint density at radius 1 is 1.17 bits per heavy atom. The van der Waals surface area contributed by atoms with Crippen LogP contribution in [0.5, 0.6) is 5.75 Å². The molecule has 1 heterocycles. The number of ketones is 1. The van der Waals surface area contributed by atoms with Crippen molar-refractivity contribution < 1.29 is 32.3 Å². The average Bonchev–Trinajstić information content (AvgIpc) is 3.06. The van der Waals surface area contributed by atoms with Crippen molar-refractivity contribution in [3.8, 4) is 5.75 Å². The second-order valence-electron chi connectivity index (χ2n) is 7.34. The number of hydrogen-bond acceptors (Lipinski definition) is 7. The summed E-state index contributed by atoms with van der Waals surface area (Å²) >= 11 is 0. The molecule has 1 amide bonds. The minimum absolute atomic E-state index is 0.0332. The van der Waals surface area contributed by atoms with E-state index in [9.17, 15) is 22.8 Å². The molecule has 1 unspecified atom stereocenters. The number of amides is 1. The Hall–Kier alpha value is -2.42. The molecule has 0 bridgehead atoms. The van der Waals surface area contributed by atoms with Gasteiger partial charge in [-0.05, 0) is 44.0 Å². The lowest BCUT2D eigenvalue weighted by Crippen LogP contribution is -2.43. The molecule has 0 aromatic heterocycles. The highest BCUT2D eigenvalue weighted by Gasteiger charge is 2.34. The molecule has 1 saturated heterocycles. The highest BCUT2D eigenvalue weighted by molar-refractivity contribution is 7.91. The van der Waals surface area contributed by atoms with Crippen molar-refractivity contribution >= 4 is 27.5 Å². The maximum atomic E-state index is 12.5. The molecular weight excluding hydrogens is 410 g/mol. The van der Waals surface area contributed by atoms with Gasteiger partial charge in [0.1, 0.15) is 5.75 Å². The van der Waals surface area contributed by atoms with Crippen molar-refractivity contribution in [2.45, 2.75) is 45.6 Å². The topological polar surface area (TPSA) is 107 Å². The molecule has 1 aliphatic heterocycles. The van der Waals surface area contributed by atoms with E-state index in [1.165, 1.54) is 11.8 Å². The third-order valence-corrected chi connectivity index (χ3v) is 6.66. The van der Waals surface area contributed by atoms with E-state index in [0.29, 0.717) is 24.3 Å². The molecule has 0 aliphatic carbocycles. The first-order valence-electron chi connectivity index (χ1n) is 10.1. The first kappa shape index (κ1) is 23.9. The predicted molar refractivity (Wildman–Crippen MR) is 111 cm³/mol. The molecule has 1 atom stereocenters. The molecular formula is C21H29NO7S. The van der Waals surface area contributed by atoms with Crippen LogP contribution in [0.4, 0.5) is 0 Å². The van der Waals surface area contributed by atoms with Gasteiger partial charge in [0.2, 0.25) is 0 Å². The van der Waals surface area contributed by atoms with Crippen LogP contribution in [0.2, 0.25) is 0 Å². The van der Waals surface area contributed by atoms with E-state index in [2.05, 4.69) is 0 Å². The standard InChI is InChI=1S/C21H29NO7S/c1-3-4-11-22(18-10-13-30(26,27)15-18)20(24)14-29-21(25)9-12-28-19-7-5-17(6-8-19)16(2)23/h5-8,18H,3-4,9-15H2,1-2H3. The van der Waals surface area contributed by atoms with Gasteiger partial charge in [0.15, 0.2) is 22.2 Å². The van der Waals surface area contributed by atoms with E-state index in [1.54, 1.807) is 24.3 Å². The van der Waals surface area contributed by atoms with Gasteiger partial charge in [-0.2, -0.15) is 0 Å². The van der Waals surface area contributed by atoms with Crippen molar-refractivity contribution in [2.24, 2.45) is 0 Å². The first-order chi connectivity index (χ1) is 14.2. The number of sulfone groups is 1. The van der Waals surface area contributed by atoms with Crippen LogP contribution in [0.3, 0.4) is 0 Å². The molecule has 8 nitrogen and oxygen atoms in total. The fourth-order valence-electron chi connectivity index (χ4n) is 3.20. The predicted octanol–water partition coefficient (Wildman–Crippen LogP) is 2.02. The van der Waals surface area contributed by atoms with Crippen molar-refractivity contribution in [1.82, 2.24) is 4.90 Å². The molecule has 1 aromatic rings. The van der Waals surface area contributed by atoms with Crippen molar-refractivity contribution in [2.75, 3.05) is 31.3 Å². The first-order valence-corrected chi connectivity index (χ1v) is 11.9. The maximum absolute atomic E-state index is 12.5. The van der Waals surface area contributed by atoms with Gasteiger partial charge in [-0.25, -0.2) is 8.42 Å². The number of rotatable bonds is 11. The van der Waals surface area contributed by atoms with Crippen molar-refractivity contribution in [3.05, 3.63) is 29.8 Å². The second-order valence-corrected chi connectivity index (χ2v) is 9.57. The zero-order valence-corrected chi connectivity index (χ0v) is 18.3. The number of unbranched alkanes of at least 4 members (excludes halogenated alkanes) is 1. The molecule has 0 N–H and O–H groups in total. The van der Waals surface area contributed by atoms with Crippen LogP contribution in [-0.4, -0.2) is 68.3 Å². The van der Waals surface area contributed by atoms with Crippen LogP contribution >= 0.6 is 0 Å². The summed E-state index contributed by atoms with van der Waals surface area (Å²) in [7, 11) is -3.11. The van der Waals surface area contributed by atoms with E-state index in [0.717, 1.165) is 12.8 Å². The Kier molecular flexibility index (Phi) is 8.83. The highest BCUT2D eigenvalue weighted by Crippen LogP contribution is 2.19. The molecule has 1 aromatic carbocycles. The fraction of sp³-hybridized carbons (Fsp3) is 0.571. The number of nitrogens with zero attached hydrogens (tertiary/aromatic N) is 1. The van der Waals surface area contributed by atoms with Gasteiger partial charge in [0.05, 0.1) is 24.5 Å². The maximum Gasteiger partial charge on any atom is 0.309 e. The number of ether oxygens (including phenoxy) is 2. The highest BCUT2D eigenvalue weighted by atomic mass is 32.2. The summed E-state index contributed by atoms with van der Waals surface area (Å²) in [5.74, 6) is -0.419. The van der Waals surface area contributed by atoms with E-state index < -0.39 is 22.4 Å². The Morgan fingerprint density at radius 2 is 1.87 bits per heavy atom. The van der Waals surface area contributed by atoms with Crippen LogP contribution in [0.15, 0.2) is 24.3 Å². The number of hydrogen-bond donors (Lipinski definition) is 0. The largest absolute Gasteiger partial charge is 0.493 e. The molecule has 0 spiro atoms. The molecule has 0 radical (unpaired) electrons. The van der Waals surface area contributed by atoms with Gasteiger partial charge in [-0.3, -0.25) is 14.4 Å². The number of carbonyl (C=O) groups is 3. The third kappa shape index (κ3) is 7.44. The normalized spacial score (nSPS) is 17.3. The molecule has 1 fully saturated rings. The molecule has 9 heteroatoms. The second kappa shape index (κ2) is 11.1. The Balaban J connectivity index is 1.77. The fourth-order valence-corrected chi connectivity index (χ4v) is 4.93. The SMILES string of the molecule is CCCCN(C(=O)COC(=O)CCOc1ccc(C(C)=O)cc1)C1CCS(=O)(=O)C1. The number of benzene rings is 1. The molecule has 166 valence electrons. The van der Waals surface area contributed by atoms with E-state index in [-0.39, 0.29) is 42.3 Å². The summed E-state index contributed by atoms with van der Waals surface area (Å²) in [5.41, 5.74) is 0.572. The summed E-state index contributed by atoms with van der Waals surface area (Å²) in [6, 6.07) is 6.22. The van der Waals surface area contributed by atoms with E-state index >= 15 is 0 Å². The van der Waals surface area contributed by atoms with Gasteiger partial charge < -0.3 is 14.4 Å². The molecule has 0 saturated carbocycles. The number of Topliss-reactive ketones (excluding diaryl/α,β-unsaturated/α-hetero) is 1. The zero-order valence-electron chi connectivity index (χ0n) is 17.5. The lowest BCUT2D eigenvalue weighted by molar-refractivity contribution is -0.153. The smallest absolute Gasteiger partial charge is 0.309 e. The van der Waals surface area contributed by atoms with Gasteiger partial charge in [0, 0.05) is 18.2 Å². The Morgan fingerprint density at radius 3 is 2.43 bits per heavy atom. The van der Waals surface area contributed by atoms with Gasteiger partial charge in [-0.15, -0.1) is 0 Å². The quantitative estimate of drug-likeness (QED) is 0.383. The van der Waals surface area contributed by atoms with Crippen molar-refractivity contribution in [1.29, 1.82) is 0 Å². The van der Waals surface area contributed by atoms with Gasteiger partial charge in [0.25, 0.3) is 5.91 Å². The van der Waals surface area contributed by atoms with Crippen LogP contribution in [0.1, 0.15) is 49.9 Å². The Bertz CT molecular complexity index is 849. The summed E-state index contributed by atoms with van der Waals surface area (Å²) in [6.45, 7) is 3.58. The van der Waals surface area contributed by atoms with Gasteiger partial charge in [-0.1, -0.05) is 13.3 Å². The lowest BCUT2D eigenvalue weighted by atomic mass is 10.1. The lowest BCUT2D eigenvalue weighted by Gasteiger charge is -2.28. The van der Waals surface area contributed by atoms with Gasteiger partial charge >= 0.3 is 5.97 Å². The summed E-state index contributed by atoms with van der Waals surface area (Å²) < 4.78 is 34.0. The molecule has 30 heavy (non-hydrogen) atoms. The average molecular weight is 440 g/mol. The van der Waals surface area contributed by atoms with Crippen LogP contribution in [0, 0.1) is 0 Å². The zero-order chi connectivity index (χ0) is 22.1. The van der Waals surface area contributed by atoms with E-state index in [1.807, 2.05) is 6.92 Å². The Labute approximate surface area is 177 Å².